The molecule has 6 nitrogen and oxygen atoms in total. The minimum absolute atomic E-state index is 0.104. The van der Waals surface area contributed by atoms with Crippen LogP contribution in [0.25, 0.3) is 0 Å². The second-order valence-electron chi connectivity index (χ2n) is 7.67. The number of aromatic nitrogens is 1. The standard InChI is InChI=1S/C19H29N3O3/c1-14-7-8-16(12-21-14)17(23)20-10-9-15-6-5-11-22(13-15)18(24)25-19(2,3)4/h7-8,12,15H,5-6,9-11,13H2,1-4H3,(H,20,23). The number of nitrogens with one attached hydrogen (secondary N) is 1. The van der Waals surface area contributed by atoms with Crippen LogP contribution in [0, 0.1) is 12.8 Å². The Morgan fingerprint density at radius 1 is 1.36 bits per heavy atom. The molecule has 0 bridgehead atoms. The Hall–Kier alpha value is -2.11. The fourth-order valence-electron chi connectivity index (χ4n) is 2.89. The fraction of sp³-hybridized carbons (Fsp3) is 0.632. The van der Waals surface area contributed by atoms with Crippen molar-refractivity contribution in [2.24, 2.45) is 5.92 Å². The molecular weight excluding hydrogens is 318 g/mol. The normalized spacial score (nSPS) is 17.9. The van der Waals surface area contributed by atoms with Crippen LogP contribution in [0.3, 0.4) is 0 Å². The molecule has 0 spiro atoms. The Morgan fingerprint density at radius 3 is 2.76 bits per heavy atom. The summed E-state index contributed by atoms with van der Waals surface area (Å²) in [6.45, 7) is 9.55. The lowest BCUT2D eigenvalue weighted by molar-refractivity contribution is 0.0161. The molecule has 1 saturated heterocycles. The minimum Gasteiger partial charge on any atom is -0.444 e. The van der Waals surface area contributed by atoms with E-state index < -0.39 is 5.60 Å². The van der Waals surface area contributed by atoms with Gasteiger partial charge in [0.25, 0.3) is 5.91 Å². The summed E-state index contributed by atoms with van der Waals surface area (Å²) in [5, 5.41) is 2.93. The van der Waals surface area contributed by atoms with E-state index in [0.717, 1.165) is 31.5 Å². The van der Waals surface area contributed by atoms with Crippen LogP contribution in [0.15, 0.2) is 18.3 Å². The summed E-state index contributed by atoms with van der Waals surface area (Å²) in [5.74, 6) is 0.282. The minimum atomic E-state index is -0.472. The van der Waals surface area contributed by atoms with Crippen LogP contribution in [-0.4, -0.2) is 47.1 Å². The number of ether oxygens (including phenoxy) is 1. The first kappa shape index (κ1) is 19.2. The number of pyridine rings is 1. The number of carbonyl (C=O) groups is 2. The lowest BCUT2D eigenvalue weighted by Crippen LogP contribution is -2.43. The maximum absolute atomic E-state index is 12.2. The summed E-state index contributed by atoms with van der Waals surface area (Å²) in [6.07, 6.45) is 4.24. The summed E-state index contributed by atoms with van der Waals surface area (Å²) < 4.78 is 5.45. The number of piperidine rings is 1. The van der Waals surface area contributed by atoms with Crippen LogP contribution in [0.4, 0.5) is 4.79 Å². The molecule has 138 valence electrons. The van der Waals surface area contributed by atoms with Gasteiger partial charge in [0.1, 0.15) is 5.60 Å². The highest BCUT2D eigenvalue weighted by Gasteiger charge is 2.27. The number of aryl methyl sites for hydroxylation is 1. The highest BCUT2D eigenvalue weighted by atomic mass is 16.6. The van der Waals surface area contributed by atoms with E-state index in [2.05, 4.69) is 10.3 Å². The van der Waals surface area contributed by atoms with Crippen molar-refractivity contribution in [3.8, 4) is 0 Å². The fourth-order valence-corrected chi connectivity index (χ4v) is 2.89. The van der Waals surface area contributed by atoms with Gasteiger partial charge in [0, 0.05) is 31.5 Å². The van der Waals surface area contributed by atoms with Gasteiger partial charge in [-0.25, -0.2) is 4.79 Å². The molecule has 0 aromatic carbocycles. The predicted octanol–water partition coefficient (Wildman–Crippen LogP) is 3.16. The SMILES string of the molecule is Cc1ccc(C(=O)NCCC2CCCN(C(=O)OC(C)(C)C)C2)cn1. The van der Waals surface area contributed by atoms with Crippen LogP contribution in [0.1, 0.15) is 56.1 Å². The van der Waals surface area contributed by atoms with Gasteiger partial charge in [-0.05, 0) is 65.0 Å². The molecule has 6 heteroatoms. The zero-order valence-corrected chi connectivity index (χ0v) is 15.7. The first-order valence-corrected chi connectivity index (χ1v) is 8.93. The van der Waals surface area contributed by atoms with Crippen molar-refractivity contribution in [2.75, 3.05) is 19.6 Å². The quantitative estimate of drug-likeness (QED) is 0.908. The number of likely N-dealkylation sites (tertiary alicyclic amines) is 1. The van der Waals surface area contributed by atoms with Crippen molar-refractivity contribution in [3.05, 3.63) is 29.6 Å². The molecular formula is C19H29N3O3. The molecule has 1 atom stereocenters. The van der Waals surface area contributed by atoms with E-state index in [-0.39, 0.29) is 12.0 Å². The van der Waals surface area contributed by atoms with Crippen molar-refractivity contribution < 1.29 is 14.3 Å². The molecule has 2 rings (SSSR count). The molecule has 1 aromatic rings. The topological polar surface area (TPSA) is 71.5 Å². The number of hydrogen-bond donors (Lipinski definition) is 1. The Labute approximate surface area is 150 Å². The lowest BCUT2D eigenvalue weighted by Gasteiger charge is -2.34. The summed E-state index contributed by atoms with van der Waals surface area (Å²) in [6, 6.07) is 3.61. The van der Waals surface area contributed by atoms with Gasteiger partial charge in [-0.2, -0.15) is 0 Å². The number of carbonyl (C=O) groups excluding carboxylic acids is 2. The van der Waals surface area contributed by atoms with E-state index in [1.165, 1.54) is 0 Å². The highest BCUT2D eigenvalue weighted by Crippen LogP contribution is 2.21. The van der Waals surface area contributed by atoms with Crippen LogP contribution in [0.2, 0.25) is 0 Å². The van der Waals surface area contributed by atoms with E-state index in [1.807, 2.05) is 33.8 Å². The summed E-state index contributed by atoms with van der Waals surface area (Å²) >= 11 is 0. The van der Waals surface area contributed by atoms with Gasteiger partial charge in [0.15, 0.2) is 0 Å². The van der Waals surface area contributed by atoms with Crippen LogP contribution in [-0.2, 0) is 4.74 Å². The smallest absolute Gasteiger partial charge is 0.410 e. The molecule has 0 saturated carbocycles. The van der Waals surface area contributed by atoms with Crippen molar-refractivity contribution in [1.29, 1.82) is 0 Å². The van der Waals surface area contributed by atoms with Gasteiger partial charge >= 0.3 is 6.09 Å². The second kappa shape index (κ2) is 8.32. The Morgan fingerprint density at radius 2 is 2.12 bits per heavy atom. The molecule has 1 unspecified atom stereocenters. The van der Waals surface area contributed by atoms with E-state index >= 15 is 0 Å². The van der Waals surface area contributed by atoms with Gasteiger partial charge in [-0.3, -0.25) is 9.78 Å². The Balaban J connectivity index is 1.76. The summed E-state index contributed by atoms with van der Waals surface area (Å²) in [4.78, 5) is 30.2. The van der Waals surface area contributed by atoms with Crippen LogP contribution in [0.5, 0.6) is 0 Å². The number of amides is 2. The molecule has 1 N–H and O–H groups in total. The molecule has 1 aliphatic rings. The number of rotatable bonds is 4. The first-order valence-electron chi connectivity index (χ1n) is 8.93. The summed E-state index contributed by atoms with van der Waals surface area (Å²) in [7, 11) is 0. The highest BCUT2D eigenvalue weighted by molar-refractivity contribution is 5.93. The molecule has 1 aromatic heterocycles. The molecule has 25 heavy (non-hydrogen) atoms. The molecule has 2 heterocycles. The molecule has 0 radical (unpaired) electrons. The van der Waals surface area contributed by atoms with Crippen molar-refractivity contribution in [1.82, 2.24) is 15.2 Å². The van der Waals surface area contributed by atoms with Gasteiger partial charge in [-0.15, -0.1) is 0 Å². The van der Waals surface area contributed by atoms with Crippen LogP contribution < -0.4 is 5.32 Å². The van der Waals surface area contributed by atoms with Crippen molar-refractivity contribution in [2.45, 2.75) is 52.6 Å². The second-order valence-corrected chi connectivity index (χ2v) is 7.67. The average molecular weight is 347 g/mol. The summed E-state index contributed by atoms with van der Waals surface area (Å²) in [5.41, 5.74) is 0.991. The monoisotopic (exact) mass is 347 g/mol. The zero-order chi connectivity index (χ0) is 18.4. The van der Waals surface area contributed by atoms with Crippen molar-refractivity contribution in [3.63, 3.8) is 0 Å². The number of nitrogens with zero attached hydrogens (tertiary/aromatic N) is 2. The van der Waals surface area contributed by atoms with Crippen LogP contribution >= 0.6 is 0 Å². The average Bonchev–Trinajstić information content (AvgIpc) is 2.54. The van der Waals surface area contributed by atoms with Gasteiger partial charge in [0.05, 0.1) is 5.56 Å². The number of hydrogen-bond acceptors (Lipinski definition) is 4. The van der Waals surface area contributed by atoms with E-state index in [4.69, 9.17) is 4.74 Å². The van der Waals surface area contributed by atoms with Gasteiger partial charge in [-0.1, -0.05) is 0 Å². The first-order chi connectivity index (χ1) is 11.7. The molecule has 0 aliphatic carbocycles. The van der Waals surface area contributed by atoms with Gasteiger partial charge < -0.3 is 15.0 Å². The molecule has 1 fully saturated rings. The van der Waals surface area contributed by atoms with Crippen molar-refractivity contribution >= 4 is 12.0 Å². The van der Waals surface area contributed by atoms with E-state index in [0.29, 0.717) is 24.6 Å². The predicted molar refractivity (Wildman–Crippen MR) is 96.5 cm³/mol. The molecule has 1 aliphatic heterocycles. The Kier molecular flexibility index (Phi) is 6.39. The zero-order valence-electron chi connectivity index (χ0n) is 15.7. The third-order valence-electron chi connectivity index (χ3n) is 4.18. The largest absolute Gasteiger partial charge is 0.444 e. The van der Waals surface area contributed by atoms with E-state index in [1.54, 1.807) is 17.2 Å². The maximum Gasteiger partial charge on any atom is 0.410 e. The third-order valence-corrected chi connectivity index (χ3v) is 4.18. The molecule has 2 amide bonds. The van der Waals surface area contributed by atoms with Gasteiger partial charge in [0.2, 0.25) is 0 Å². The maximum atomic E-state index is 12.2. The lowest BCUT2D eigenvalue weighted by atomic mass is 9.95. The Bertz CT molecular complexity index is 593. The third kappa shape index (κ3) is 6.36. The van der Waals surface area contributed by atoms with E-state index in [9.17, 15) is 9.59 Å².